The Labute approximate surface area is 98.0 Å². The summed E-state index contributed by atoms with van der Waals surface area (Å²) < 4.78 is 0. The zero-order valence-corrected chi connectivity index (χ0v) is 10.8. The third kappa shape index (κ3) is 3.26. The van der Waals surface area contributed by atoms with Gasteiger partial charge in [-0.1, -0.05) is 19.9 Å². The highest BCUT2D eigenvalue weighted by Crippen LogP contribution is 2.29. The molecule has 0 aliphatic rings. The van der Waals surface area contributed by atoms with Gasteiger partial charge < -0.3 is 15.8 Å². The molecule has 0 aliphatic carbocycles. The molecule has 0 saturated carbocycles. The van der Waals surface area contributed by atoms with Crippen molar-refractivity contribution in [2.24, 2.45) is 0 Å². The van der Waals surface area contributed by atoms with Crippen molar-refractivity contribution >= 4 is 17.7 Å². The predicted octanol–water partition coefficient (Wildman–Crippen LogP) is 2.81. The van der Waals surface area contributed by atoms with Gasteiger partial charge in [-0.25, -0.2) is 0 Å². The quantitative estimate of drug-likeness (QED) is 0.610. The van der Waals surface area contributed by atoms with Crippen LogP contribution in [-0.4, -0.2) is 13.3 Å². The molecule has 1 aromatic carbocycles. The maximum absolute atomic E-state index is 10.9. The highest BCUT2D eigenvalue weighted by Gasteiger charge is 2.22. The van der Waals surface area contributed by atoms with E-state index in [9.17, 15) is 4.79 Å². The van der Waals surface area contributed by atoms with Crippen molar-refractivity contribution in [3.8, 4) is 0 Å². The van der Waals surface area contributed by atoms with Crippen LogP contribution in [0.15, 0.2) is 18.2 Å². The minimum absolute atomic E-state index is 0.480. The number of rotatable bonds is 3. The molecule has 0 unspecified atom stereocenters. The molecule has 0 spiro atoms. The number of benzene rings is 1. The number of hydrogen-bond donors (Lipinski definition) is 2. The van der Waals surface area contributed by atoms with Crippen LogP contribution in [0.2, 0.25) is 0 Å². The van der Waals surface area contributed by atoms with Crippen LogP contribution in [0.4, 0.5) is 11.4 Å². The largest absolute Gasteiger partial charge is 0.399 e. The SMILES string of the molecule is CC.CNc1cc(N)ccc1C(C)(C)C=O. The molecule has 0 bridgehead atoms. The second-order valence-electron chi connectivity index (χ2n) is 3.89. The van der Waals surface area contributed by atoms with Gasteiger partial charge in [-0.05, 0) is 31.5 Å². The maximum Gasteiger partial charge on any atom is 0.130 e. The summed E-state index contributed by atoms with van der Waals surface area (Å²) in [4.78, 5) is 10.9. The summed E-state index contributed by atoms with van der Waals surface area (Å²) in [6.45, 7) is 7.76. The second kappa shape index (κ2) is 6.16. The van der Waals surface area contributed by atoms with E-state index >= 15 is 0 Å². The highest BCUT2D eigenvalue weighted by atomic mass is 16.1. The van der Waals surface area contributed by atoms with Crippen LogP contribution in [0.5, 0.6) is 0 Å². The van der Waals surface area contributed by atoms with E-state index in [-0.39, 0.29) is 0 Å². The fourth-order valence-corrected chi connectivity index (χ4v) is 1.39. The number of carbonyl (C=O) groups is 1. The van der Waals surface area contributed by atoms with E-state index in [2.05, 4.69) is 5.32 Å². The van der Waals surface area contributed by atoms with Crippen LogP contribution in [-0.2, 0) is 10.2 Å². The van der Waals surface area contributed by atoms with Gasteiger partial charge in [0, 0.05) is 23.8 Å². The minimum atomic E-state index is -0.480. The van der Waals surface area contributed by atoms with Crippen LogP contribution in [0, 0.1) is 0 Å². The van der Waals surface area contributed by atoms with Gasteiger partial charge in [-0.15, -0.1) is 0 Å². The average molecular weight is 222 g/mol. The molecule has 0 amide bonds. The Hall–Kier alpha value is -1.51. The topological polar surface area (TPSA) is 55.1 Å². The van der Waals surface area contributed by atoms with Crippen molar-refractivity contribution in [3.05, 3.63) is 23.8 Å². The molecule has 3 heteroatoms. The average Bonchev–Trinajstić information content (AvgIpc) is 2.31. The van der Waals surface area contributed by atoms with Gasteiger partial charge in [-0.3, -0.25) is 0 Å². The van der Waals surface area contributed by atoms with Gasteiger partial charge in [0.25, 0.3) is 0 Å². The van der Waals surface area contributed by atoms with Crippen LogP contribution < -0.4 is 11.1 Å². The van der Waals surface area contributed by atoms with E-state index in [0.717, 1.165) is 17.5 Å². The third-order valence-corrected chi connectivity index (χ3v) is 2.30. The lowest BCUT2D eigenvalue weighted by molar-refractivity contribution is -0.111. The summed E-state index contributed by atoms with van der Waals surface area (Å²) in [6.07, 6.45) is 0.944. The van der Waals surface area contributed by atoms with Crippen molar-refractivity contribution < 1.29 is 4.79 Å². The minimum Gasteiger partial charge on any atom is -0.399 e. The van der Waals surface area contributed by atoms with Crippen molar-refractivity contribution in [3.63, 3.8) is 0 Å². The number of anilines is 2. The van der Waals surface area contributed by atoms with E-state index in [4.69, 9.17) is 5.73 Å². The van der Waals surface area contributed by atoms with E-state index < -0.39 is 5.41 Å². The molecule has 0 fully saturated rings. The first-order chi connectivity index (χ1) is 7.51. The number of nitrogens with two attached hydrogens (primary N) is 1. The zero-order valence-electron chi connectivity index (χ0n) is 10.8. The third-order valence-electron chi connectivity index (χ3n) is 2.30. The molecule has 0 aliphatic heterocycles. The van der Waals surface area contributed by atoms with Crippen LogP contribution in [0.3, 0.4) is 0 Å². The Morgan fingerprint density at radius 2 is 1.88 bits per heavy atom. The van der Waals surface area contributed by atoms with Crippen molar-refractivity contribution in [1.29, 1.82) is 0 Å². The van der Waals surface area contributed by atoms with Gasteiger partial charge in [0.15, 0.2) is 0 Å². The lowest BCUT2D eigenvalue weighted by Crippen LogP contribution is -2.20. The van der Waals surface area contributed by atoms with Gasteiger partial charge in [0.1, 0.15) is 6.29 Å². The van der Waals surface area contributed by atoms with E-state index in [1.165, 1.54) is 0 Å². The molecule has 0 saturated heterocycles. The molecule has 0 aromatic heterocycles. The smallest absolute Gasteiger partial charge is 0.130 e. The van der Waals surface area contributed by atoms with Crippen molar-refractivity contribution in [2.45, 2.75) is 33.1 Å². The standard InChI is InChI=1S/C11H16N2O.C2H6/c1-11(2,7-14)9-5-4-8(12)6-10(9)13-3;1-2/h4-7,13H,12H2,1-3H3;1-2H3. The van der Waals surface area contributed by atoms with Gasteiger partial charge in [-0.2, -0.15) is 0 Å². The molecule has 16 heavy (non-hydrogen) atoms. The molecule has 0 radical (unpaired) electrons. The number of nitrogens with one attached hydrogen (secondary N) is 1. The number of hydrogen-bond acceptors (Lipinski definition) is 3. The Morgan fingerprint density at radius 3 is 2.31 bits per heavy atom. The van der Waals surface area contributed by atoms with Gasteiger partial charge in [0.05, 0.1) is 0 Å². The van der Waals surface area contributed by atoms with Crippen LogP contribution in [0.25, 0.3) is 0 Å². The van der Waals surface area contributed by atoms with Gasteiger partial charge in [0.2, 0.25) is 0 Å². The summed E-state index contributed by atoms with van der Waals surface area (Å²) in [5.74, 6) is 0. The van der Waals surface area contributed by atoms with Crippen LogP contribution in [0.1, 0.15) is 33.3 Å². The maximum atomic E-state index is 10.9. The molecule has 1 aromatic rings. The molecule has 0 heterocycles. The first-order valence-corrected chi connectivity index (χ1v) is 5.55. The Bertz CT molecular complexity index is 346. The normalized spacial score (nSPS) is 10.1. The first-order valence-electron chi connectivity index (χ1n) is 5.55. The first kappa shape index (κ1) is 14.5. The van der Waals surface area contributed by atoms with E-state index in [0.29, 0.717) is 5.69 Å². The van der Waals surface area contributed by atoms with Gasteiger partial charge >= 0.3 is 0 Å². The van der Waals surface area contributed by atoms with Crippen molar-refractivity contribution in [1.82, 2.24) is 0 Å². The molecule has 3 N–H and O–H groups in total. The summed E-state index contributed by atoms with van der Waals surface area (Å²) in [5.41, 5.74) is 7.74. The lowest BCUT2D eigenvalue weighted by Gasteiger charge is -2.21. The van der Waals surface area contributed by atoms with Crippen molar-refractivity contribution in [2.75, 3.05) is 18.1 Å². The Morgan fingerprint density at radius 1 is 1.31 bits per heavy atom. The Kier molecular flexibility index (Phi) is 5.57. The predicted molar refractivity (Wildman–Crippen MR) is 70.8 cm³/mol. The monoisotopic (exact) mass is 222 g/mol. The lowest BCUT2D eigenvalue weighted by atomic mass is 9.85. The number of aldehydes is 1. The number of carbonyl (C=O) groups excluding carboxylic acids is 1. The molecular formula is C13H22N2O. The second-order valence-corrected chi connectivity index (χ2v) is 3.89. The molecular weight excluding hydrogens is 200 g/mol. The Balaban J connectivity index is 0.00000106. The zero-order chi connectivity index (χ0) is 12.8. The van der Waals surface area contributed by atoms with E-state index in [1.54, 1.807) is 6.07 Å². The highest BCUT2D eigenvalue weighted by molar-refractivity contribution is 5.74. The van der Waals surface area contributed by atoms with E-state index in [1.807, 2.05) is 46.9 Å². The molecule has 0 atom stereocenters. The summed E-state index contributed by atoms with van der Waals surface area (Å²) in [6, 6.07) is 5.53. The summed E-state index contributed by atoms with van der Waals surface area (Å²) >= 11 is 0. The summed E-state index contributed by atoms with van der Waals surface area (Å²) in [5, 5.41) is 3.04. The van der Waals surface area contributed by atoms with Crippen LogP contribution >= 0.6 is 0 Å². The fourth-order valence-electron chi connectivity index (χ4n) is 1.39. The summed E-state index contributed by atoms with van der Waals surface area (Å²) in [7, 11) is 1.82. The molecule has 3 nitrogen and oxygen atoms in total. The number of nitrogen functional groups attached to an aromatic ring is 1. The molecule has 90 valence electrons. The fraction of sp³-hybridized carbons (Fsp3) is 0.462. The molecule has 1 rings (SSSR count).